The summed E-state index contributed by atoms with van der Waals surface area (Å²) in [6, 6.07) is 0.535. The zero-order valence-corrected chi connectivity index (χ0v) is 12.4. The number of carbonyl (C=O) groups excluding carboxylic acids is 1. The van der Waals surface area contributed by atoms with Crippen molar-refractivity contribution in [1.29, 1.82) is 0 Å². The molecule has 3 heteroatoms. The smallest absolute Gasteiger partial charge is 0.226 e. The Morgan fingerprint density at radius 1 is 1.29 bits per heavy atom. The Morgan fingerprint density at radius 3 is 2.76 bits per heavy atom. The molecule has 2 rings (SSSR count). The van der Waals surface area contributed by atoms with Gasteiger partial charge >= 0.3 is 0 Å². The van der Waals surface area contributed by atoms with E-state index >= 15 is 0 Å². The third kappa shape index (κ3) is 3.04. The summed E-state index contributed by atoms with van der Waals surface area (Å²) in [7, 11) is 0. The molecule has 2 fully saturated rings. The number of likely N-dealkylation sites (tertiary alicyclic amines) is 1. The highest BCUT2D eigenvalue weighted by Gasteiger charge is 2.36. The number of amides is 1. The summed E-state index contributed by atoms with van der Waals surface area (Å²) in [4.78, 5) is 14.7. The number of nitrogens with zero attached hydrogens (tertiary/aromatic N) is 1. The summed E-state index contributed by atoms with van der Waals surface area (Å²) in [6.45, 7) is 3.26. The molecule has 1 aliphatic heterocycles. The molecule has 1 aliphatic carbocycles. The first-order valence-corrected chi connectivity index (χ1v) is 8.22. The molecule has 1 saturated heterocycles. The molecule has 2 nitrogen and oxygen atoms in total. The predicted octanol–water partition coefficient (Wildman–Crippen LogP) is 3.59. The molecule has 17 heavy (non-hydrogen) atoms. The van der Waals surface area contributed by atoms with Crippen LogP contribution in [0.5, 0.6) is 0 Å². The third-order valence-electron chi connectivity index (χ3n) is 4.51. The van der Waals surface area contributed by atoms with Gasteiger partial charge in [0.1, 0.15) is 0 Å². The molecule has 1 saturated carbocycles. The highest BCUT2D eigenvalue weighted by molar-refractivity contribution is 9.09. The highest BCUT2D eigenvalue weighted by Crippen LogP contribution is 2.35. The summed E-state index contributed by atoms with van der Waals surface area (Å²) in [6.07, 6.45) is 8.42. The van der Waals surface area contributed by atoms with E-state index in [-0.39, 0.29) is 0 Å². The Morgan fingerprint density at radius 2 is 2.12 bits per heavy atom. The van der Waals surface area contributed by atoms with E-state index in [1.165, 1.54) is 38.5 Å². The van der Waals surface area contributed by atoms with E-state index in [1.54, 1.807) is 0 Å². The number of alkyl halides is 1. The van der Waals surface area contributed by atoms with Crippen LogP contribution in [0.25, 0.3) is 0 Å². The summed E-state index contributed by atoms with van der Waals surface area (Å²) in [5, 5.41) is 1.06. The lowest BCUT2D eigenvalue weighted by Crippen LogP contribution is -2.40. The topological polar surface area (TPSA) is 20.3 Å². The minimum atomic E-state index is 0.333. The van der Waals surface area contributed by atoms with Crippen molar-refractivity contribution in [2.45, 2.75) is 57.9 Å². The molecule has 1 heterocycles. The Hall–Kier alpha value is -0.0500. The van der Waals surface area contributed by atoms with E-state index in [4.69, 9.17) is 0 Å². The summed E-state index contributed by atoms with van der Waals surface area (Å²) in [5.74, 6) is 1.41. The molecule has 98 valence electrons. The summed E-state index contributed by atoms with van der Waals surface area (Å²) in [5.41, 5.74) is 0. The van der Waals surface area contributed by atoms with E-state index in [2.05, 4.69) is 27.8 Å². The van der Waals surface area contributed by atoms with Crippen LogP contribution in [0.2, 0.25) is 0 Å². The first-order chi connectivity index (χ1) is 8.24. The van der Waals surface area contributed by atoms with Crippen LogP contribution in [0.1, 0.15) is 51.9 Å². The van der Waals surface area contributed by atoms with Crippen LogP contribution in [0, 0.1) is 11.8 Å². The van der Waals surface area contributed by atoms with Gasteiger partial charge in [-0.05, 0) is 44.4 Å². The molecule has 0 N–H and O–H groups in total. The Kier molecular flexibility index (Phi) is 4.89. The normalized spacial score (nSPS) is 33.3. The minimum Gasteiger partial charge on any atom is -0.339 e. The van der Waals surface area contributed by atoms with Crippen molar-refractivity contribution in [2.75, 3.05) is 11.9 Å². The maximum atomic E-state index is 12.5. The van der Waals surface area contributed by atoms with Crippen molar-refractivity contribution in [1.82, 2.24) is 4.90 Å². The molecular formula is C14H24BrNO. The second kappa shape index (κ2) is 6.21. The number of hydrogen-bond acceptors (Lipinski definition) is 1. The average Bonchev–Trinajstić information content (AvgIpc) is 2.94. The van der Waals surface area contributed by atoms with Crippen LogP contribution in [-0.4, -0.2) is 28.7 Å². The molecule has 0 spiro atoms. The second-order valence-corrected chi connectivity index (χ2v) is 6.47. The van der Waals surface area contributed by atoms with Crippen LogP contribution >= 0.6 is 15.9 Å². The van der Waals surface area contributed by atoms with Crippen molar-refractivity contribution in [3.05, 3.63) is 0 Å². The fourth-order valence-electron chi connectivity index (χ4n) is 3.46. The van der Waals surface area contributed by atoms with Crippen LogP contribution in [0.15, 0.2) is 0 Å². The number of carbonyl (C=O) groups is 1. The fraction of sp³-hybridized carbons (Fsp3) is 0.929. The Labute approximate surface area is 113 Å². The van der Waals surface area contributed by atoms with E-state index in [0.29, 0.717) is 23.8 Å². The Bertz CT molecular complexity index is 269. The number of hydrogen-bond donors (Lipinski definition) is 0. The van der Waals surface area contributed by atoms with Gasteiger partial charge in [-0.3, -0.25) is 4.79 Å². The van der Waals surface area contributed by atoms with Crippen LogP contribution in [0.4, 0.5) is 0 Å². The molecule has 3 atom stereocenters. The predicted molar refractivity (Wildman–Crippen MR) is 74.3 cm³/mol. The van der Waals surface area contributed by atoms with Gasteiger partial charge in [0, 0.05) is 23.8 Å². The summed E-state index contributed by atoms with van der Waals surface area (Å²) < 4.78 is 0. The maximum absolute atomic E-state index is 12.5. The van der Waals surface area contributed by atoms with Gasteiger partial charge in [-0.1, -0.05) is 29.3 Å². The first kappa shape index (κ1) is 13.4. The van der Waals surface area contributed by atoms with Gasteiger partial charge in [0.2, 0.25) is 5.91 Å². The second-order valence-electron chi connectivity index (χ2n) is 5.67. The van der Waals surface area contributed by atoms with Crippen LogP contribution in [0.3, 0.4) is 0 Å². The quantitative estimate of drug-likeness (QED) is 0.727. The number of rotatable bonds is 4. The van der Waals surface area contributed by atoms with Crippen molar-refractivity contribution < 1.29 is 4.79 Å². The molecule has 0 radical (unpaired) electrons. The van der Waals surface area contributed by atoms with Crippen molar-refractivity contribution >= 4 is 21.8 Å². The standard InChI is InChI=1S/C14H24BrNO/c1-11-5-2-8-13(11)14(17)16-10-4-7-12(16)6-3-9-15/h11-13H,2-10H2,1H3. The molecule has 2 aliphatic rings. The molecule has 3 unspecified atom stereocenters. The van der Waals surface area contributed by atoms with Crippen molar-refractivity contribution in [3.8, 4) is 0 Å². The lowest BCUT2D eigenvalue weighted by atomic mass is 9.96. The van der Waals surface area contributed by atoms with Crippen LogP contribution < -0.4 is 0 Å². The Balaban J connectivity index is 1.93. The largest absolute Gasteiger partial charge is 0.339 e. The van der Waals surface area contributed by atoms with Crippen molar-refractivity contribution in [2.24, 2.45) is 11.8 Å². The van der Waals surface area contributed by atoms with E-state index in [1.807, 2.05) is 0 Å². The van der Waals surface area contributed by atoms with Gasteiger partial charge in [-0.2, -0.15) is 0 Å². The van der Waals surface area contributed by atoms with E-state index in [0.717, 1.165) is 18.3 Å². The van der Waals surface area contributed by atoms with Gasteiger partial charge in [-0.15, -0.1) is 0 Å². The first-order valence-electron chi connectivity index (χ1n) is 7.10. The minimum absolute atomic E-state index is 0.333. The van der Waals surface area contributed by atoms with E-state index in [9.17, 15) is 4.79 Å². The molecular weight excluding hydrogens is 278 g/mol. The fourth-order valence-corrected chi connectivity index (χ4v) is 3.79. The average molecular weight is 302 g/mol. The van der Waals surface area contributed by atoms with Gasteiger partial charge in [-0.25, -0.2) is 0 Å². The van der Waals surface area contributed by atoms with Crippen LogP contribution in [-0.2, 0) is 4.79 Å². The summed E-state index contributed by atoms with van der Waals surface area (Å²) >= 11 is 3.49. The molecule has 0 bridgehead atoms. The van der Waals surface area contributed by atoms with Gasteiger partial charge < -0.3 is 4.90 Å². The molecule has 0 aromatic carbocycles. The SMILES string of the molecule is CC1CCCC1C(=O)N1CCCC1CCCBr. The van der Waals surface area contributed by atoms with Gasteiger partial charge in [0.05, 0.1) is 0 Å². The lowest BCUT2D eigenvalue weighted by molar-refractivity contribution is -0.137. The third-order valence-corrected chi connectivity index (χ3v) is 5.07. The molecule has 1 amide bonds. The van der Waals surface area contributed by atoms with Gasteiger partial charge in [0.15, 0.2) is 0 Å². The van der Waals surface area contributed by atoms with Crippen molar-refractivity contribution in [3.63, 3.8) is 0 Å². The number of halogens is 1. The zero-order valence-electron chi connectivity index (χ0n) is 10.8. The monoisotopic (exact) mass is 301 g/mol. The molecule has 0 aromatic rings. The zero-order chi connectivity index (χ0) is 12.3. The van der Waals surface area contributed by atoms with Gasteiger partial charge in [0.25, 0.3) is 0 Å². The maximum Gasteiger partial charge on any atom is 0.226 e. The highest BCUT2D eigenvalue weighted by atomic mass is 79.9. The van der Waals surface area contributed by atoms with E-state index < -0.39 is 0 Å². The lowest BCUT2D eigenvalue weighted by Gasteiger charge is -2.29. The molecule has 0 aromatic heterocycles.